The minimum Gasteiger partial charge on any atom is -0.497 e. The van der Waals surface area contributed by atoms with Crippen LogP contribution in [-0.2, 0) is 11.3 Å². The first-order chi connectivity index (χ1) is 15.0. The van der Waals surface area contributed by atoms with Crippen molar-refractivity contribution in [3.63, 3.8) is 0 Å². The first kappa shape index (κ1) is 23.2. The van der Waals surface area contributed by atoms with Crippen LogP contribution in [0.2, 0.25) is 0 Å². The molecule has 2 fully saturated rings. The summed E-state index contributed by atoms with van der Waals surface area (Å²) >= 11 is 0. The lowest BCUT2D eigenvalue weighted by Gasteiger charge is -2.37. The summed E-state index contributed by atoms with van der Waals surface area (Å²) in [6.45, 7) is 4.60. The van der Waals surface area contributed by atoms with Crippen LogP contribution in [0, 0.1) is 0 Å². The predicted molar refractivity (Wildman–Crippen MR) is 123 cm³/mol. The fourth-order valence-corrected chi connectivity index (χ4v) is 4.14. The van der Waals surface area contributed by atoms with Crippen LogP contribution in [0.25, 0.3) is 0 Å². The number of hydrogen-bond acceptors (Lipinski definition) is 5. The maximum Gasteiger partial charge on any atom is 0.243 e. The largest absolute Gasteiger partial charge is 0.497 e. The van der Waals surface area contributed by atoms with Gasteiger partial charge in [-0.25, -0.2) is 4.99 Å². The summed E-state index contributed by atoms with van der Waals surface area (Å²) in [6.07, 6.45) is 4.88. The molecule has 0 spiro atoms. The van der Waals surface area contributed by atoms with E-state index in [2.05, 4.69) is 20.1 Å². The molecular formula is C23H37N5O3. The van der Waals surface area contributed by atoms with Crippen molar-refractivity contribution >= 4 is 11.9 Å². The molecule has 1 saturated carbocycles. The highest BCUT2D eigenvalue weighted by Gasteiger charge is 2.24. The first-order valence-corrected chi connectivity index (χ1v) is 11.2. The Balaban J connectivity index is 1.62. The Morgan fingerprint density at radius 1 is 1.13 bits per heavy atom. The van der Waals surface area contributed by atoms with Gasteiger partial charge in [0.15, 0.2) is 5.96 Å². The molecular weight excluding hydrogens is 394 g/mol. The van der Waals surface area contributed by atoms with Crippen molar-refractivity contribution in [3.8, 4) is 11.5 Å². The molecule has 1 saturated heterocycles. The van der Waals surface area contributed by atoms with Crippen molar-refractivity contribution in [1.82, 2.24) is 20.0 Å². The van der Waals surface area contributed by atoms with Crippen molar-refractivity contribution in [2.24, 2.45) is 4.99 Å². The number of ether oxygens (including phenoxy) is 2. The van der Waals surface area contributed by atoms with Gasteiger partial charge in [-0.3, -0.25) is 9.69 Å². The van der Waals surface area contributed by atoms with Crippen molar-refractivity contribution < 1.29 is 14.3 Å². The number of nitrogens with zero attached hydrogens (tertiary/aromatic N) is 4. The molecule has 1 heterocycles. The number of amides is 1. The zero-order chi connectivity index (χ0) is 22.2. The summed E-state index contributed by atoms with van der Waals surface area (Å²) in [5.41, 5.74) is 1.13. The third-order valence-electron chi connectivity index (χ3n) is 6.10. The van der Waals surface area contributed by atoms with Crippen molar-refractivity contribution in [2.45, 2.75) is 38.3 Å². The normalized spacial score (nSPS) is 18.2. The molecule has 8 nitrogen and oxygen atoms in total. The summed E-state index contributed by atoms with van der Waals surface area (Å²) in [5, 5.41) is 3.63. The van der Waals surface area contributed by atoms with E-state index >= 15 is 0 Å². The van der Waals surface area contributed by atoms with Gasteiger partial charge in [0.2, 0.25) is 5.91 Å². The van der Waals surface area contributed by atoms with Gasteiger partial charge in [0.25, 0.3) is 0 Å². The molecule has 2 aliphatic rings. The average molecular weight is 432 g/mol. The standard InChI is InChI=1S/C23H37N5O3/c1-26(2)22(29)16-24-23(25-19-7-5-6-8-19)28-13-11-27(12-14-28)17-18-15-20(30-3)9-10-21(18)31-4/h9-10,15,19H,5-8,11-14,16-17H2,1-4H3,(H,24,25). The summed E-state index contributed by atoms with van der Waals surface area (Å²) < 4.78 is 10.9. The van der Waals surface area contributed by atoms with Gasteiger partial charge >= 0.3 is 0 Å². The number of carbonyl (C=O) groups excluding carboxylic acids is 1. The Labute approximate surface area is 186 Å². The molecule has 0 atom stereocenters. The molecule has 1 aliphatic heterocycles. The lowest BCUT2D eigenvalue weighted by atomic mass is 10.1. The van der Waals surface area contributed by atoms with E-state index in [1.165, 1.54) is 25.7 Å². The molecule has 1 aliphatic carbocycles. The van der Waals surface area contributed by atoms with Gasteiger partial charge in [-0.2, -0.15) is 0 Å². The van der Waals surface area contributed by atoms with E-state index in [1.807, 2.05) is 18.2 Å². The van der Waals surface area contributed by atoms with Crippen LogP contribution in [0.3, 0.4) is 0 Å². The number of piperazine rings is 1. The van der Waals surface area contributed by atoms with Gasteiger partial charge in [0.05, 0.1) is 14.2 Å². The number of likely N-dealkylation sites (N-methyl/N-ethyl adjacent to an activating group) is 1. The monoisotopic (exact) mass is 431 g/mol. The van der Waals surface area contributed by atoms with Crippen molar-refractivity contribution in [3.05, 3.63) is 23.8 Å². The first-order valence-electron chi connectivity index (χ1n) is 11.2. The van der Waals surface area contributed by atoms with E-state index in [1.54, 1.807) is 33.2 Å². The summed E-state index contributed by atoms with van der Waals surface area (Å²) in [5.74, 6) is 2.63. The van der Waals surface area contributed by atoms with Crippen molar-refractivity contribution in [2.75, 3.05) is 61.0 Å². The second kappa shape index (κ2) is 11.2. The topological polar surface area (TPSA) is 69.6 Å². The highest BCUT2D eigenvalue weighted by atomic mass is 16.5. The highest BCUT2D eigenvalue weighted by molar-refractivity contribution is 5.85. The van der Waals surface area contributed by atoms with E-state index in [4.69, 9.17) is 9.47 Å². The molecule has 0 aromatic heterocycles. The molecule has 0 radical (unpaired) electrons. The van der Waals surface area contributed by atoms with Crippen LogP contribution in [-0.4, -0.2) is 93.6 Å². The van der Waals surface area contributed by atoms with E-state index in [0.29, 0.717) is 6.04 Å². The predicted octanol–water partition coefficient (Wildman–Crippen LogP) is 1.80. The molecule has 1 aromatic carbocycles. The van der Waals surface area contributed by atoms with Gasteiger partial charge in [0.1, 0.15) is 18.0 Å². The number of benzene rings is 1. The van der Waals surface area contributed by atoms with Gasteiger partial charge in [-0.1, -0.05) is 12.8 Å². The van der Waals surface area contributed by atoms with Gasteiger partial charge in [-0.05, 0) is 31.0 Å². The van der Waals surface area contributed by atoms with Crippen LogP contribution in [0.15, 0.2) is 23.2 Å². The minimum atomic E-state index is 0.0227. The number of hydrogen-bond donors (Lipinski definition) is 1. The number of nitrogens with one attached hydrogen (secondary N) is 1. The minimum absolute atomic E-state index is 0.0227. The van der Waals surface area contributed by atoms with Crippen LogP contribution >= 0.6 is 0 Å². The Kier molecular flexibility index (Phi) is 8.40. The smallest absolute Gasteiger partial charge is 0.243 e. The fraction of sp³-hybridized carbons (Fsp3) is 0.652. The highest BCUT2D eigenvalue weighted by Crippen LogP contribution is 2.25. The Bertz CT molecular complexity index is 754. The zero-order valence-electron chi connectivity index (χ0n) is 19.4. The third kappa shape index (κ3) is 6.50. The maximum absolute atomic E-state index is 12.1. The molecule has 0 bridgehead atoms. The molecule has 31 heavy (non-hydrogen) atoms. The molecule has 3 rings (SSSR count). The summed E-state index contributed by atoms with van der Waals surface area (Å²) in [4.78, 5) is 23.1. The molecule has 8 heteroatoms. The lowest BCUT2D eigenvalue weighted by molar-refractivity contribution is -0.127. The van der Waals surface area contributed by atoms with Crippen LogP contribution < -0.4 is 14.8 Å². The zero-order valence-corrected chi connectivity index (χ0v) is 19.4. The third-order valence-corrected chi connectivity index (χ3v) is 6.10. The van der Waals surface area contributed by atoms with E-state index < -0.39 is 0 Å². The van der Waals surface area contributed by atoms with Crippen LogP contribution in [0.4, 0.5) is 0 Å². The molecule has 1 amide bonds. The number of aliphatic imine (C=N–C) groups is 1. The molecule has 1 N–H and O–H groups in total. The SMILES string of the molecule is COc1ccc(OC)c(CN2CCN(C(=NCC(=O)N(C)C)NC3CCCC3)CC2)c1. The number of carbonyl (C=O) groups is 1. The van der Waals surface area contributed by atoms with Gasteiger partial charge < -0.3 is 24.6 Å². The molecule has 0 unspecified atom stereocenters. The van der Waals surface area contributed by atoms with E-state index in [0.717, 1.165) is 55.7 Å². The van der Waals surface area contributed by atoms with Crippen LogP contribution in [0.1, 0.15) is 31.2 Å². The summed E-state index contributed by atoms with van der Waals surface area (Å²) in [6, 6.07) is 6.40. The average Bonchev–Trinajstić information content (AvgIpc) is 3.30. The Morgan fingerprint density at radius 2 is 1.84 bits per heavy atom. The van der Waals surface area contributed by atoms with E-state index in [9.17, 15) is 4.79 Å². The van der Waals surface area contributed by atoms with Gasteiger partial charge in [-0.15, -0.1) is 0 Å². The molecule has 172 valence electrons. The van der Waals surface area contributed by atoms with E-state index in [-0.39, 0.29) is 12.5 Å². The quantitative estimate of drug-likeness (QED) is 0.524. The molecule has 1 aromatic rings. The number of rotatable bonds is 7. The Hall–Kier alpha value is -2.48. The summed E-state index contributed by atoms with van der Waals surface area (Å²) in [7, 11) is 6.93. The lowest BCUT2D eigenvalue weighted by Crippen LogP contribution is -2.54. The maximum atomic E-state index is 12.1. The second-order valence-corrected chi connectivity index (χ2v) is 8.49. The fourth-order valence-electron chi connectivity index (χ4n) is 4.14. The Morgan fingerprint density at radius 3 is 2.45 bits per heavy atom. The second-order valence-electron chi connectivity index (χ2n) is 8.49. The number of guanidine groups is 1. The van der Waals surface area contributed by atoms with Crippen LogP contribution in [0.5, 0.6) is 11.5 Å². The number of methoxy groups -OCH3 is 2. The van der Waals surface area contributed by atoms with Gasteiger partial charge in [0, 0.05) is 58.4 Å². The van der Waals surface area contributed by atoms with Crippen molar-refractivity contribution in [1.29, 1.82) is 0 Å².